The number of hydrogen-bond donors (Lipinski definition) is 3. The Kier molecular flexibility index (Phi) is 9.04. The maximum atomic E-state index is 12.1. The van der Waals surface area contributed by atoms with Gasteiger partial charge in [0.25, 0.3) is 5.91 Å². The summed E-state index contributed by atoms with van der Waals surface area (Å²) in [7, 11) is 0. The van der Waals surface area contributed by atoms with Crippen LogP contribution < -0.4 is 10.2 Å². The summed E-state index contributed by atoms with van der Waals surface area (Å²) in [5.41, 5.74) is 1.61. The number of H-pyrrole nitrogens is 1. The van der Waals surface area contributed by atoms with Crippen LogP contribution in [0.25, 0.3) is 0 Å². The Morgan fingerprint density at radius 2 is 1.84 bits per heavy atom. The van der Waals surface area contributed by atoms with E-state index in [0.717, 1.165) is 30.5 Å². The molecule has 2 N–H and O–H groups in total. The van der Waals surface area contributed by atoms with Crippen molar-refractivity contribution in [2.75, 3.05) is 0 Å². The van der Waals surface area contributed by atoms with E-state index in [1.807, 2.05) is 20.8 Å². The van der Waals surface area contributed by atoms with Crippen LogP contribution in [0.5, 0.6) is 0 Å². The van der Waals surface area contributed by atoms with Crippen molar-refractivity contribution in [3.8, 4) is 0 Å². The highest BCUT2D eigenvalue weighted by Crippen LogP contribution is 2.08. The number of hydrogen-bond acceptors (Lipinski definition) is 3. The number of amides is 1. The van der Waals surface area contributed by atoms with Crippen LogP contribution in [0.3, 0.4) is 0 Å². The molecule has 19 heavy (non-hydrogen) atoms. The highest BCUT2D eigenvalue weighted by molar-refractivity contribution is 7.78. The van der Waals surface area contributed by atoms with Crippen molar-refractivity contribution >= 4 is 18.7 Å². The fourth-order valence-electron chi connectivity index (χ4n) is 1.83. The second-order valence-electron chi connectivity index (χ2n) is 3.93. The molecule has 0 unspecified atom stereocenters. The van der Waals surface area contributed by atoms with Crippen molar-refractivity contribution in [2.45, 2.75) is 53.4 Å². The van der Waals surface area contributed by atoms with E-state index >= 15 is 0 Å². The van der Waals surface area contributed by atoms with Gasteiger partial charge in [-0.25, -0.2) is 0 Å². The molecular formula is C14H24N2O2S. The lowest BCUT2D eigenvalue weighted by Gasteiger charge is -2.09. The minimum absolute atomic E-state index is 0.128. The van der Waals surface area contributed by atoms with E-state index < -0.39 is 5.91 Å². The normalized spacial score (nSPS) is 9.53. The molecule has 0 spiro atoms. The van der Waals surface area contributed by atoms with Gasteiger partial charge in [-0.1, -0.05) is 53.4 Å². The SMILES string of the molecule is CC.CCCc1[nH]cc(C(=O)NS)c(=O)c1CCC. The Balaban J connectivity index is 0.00000154. The molecule has 0 bridgehead atoms. The molecule has 0 saturated heterocycles. The van der Waals surface area contributed by atoms with E-state index in [0.29, 0.717) is 6.42 Å². The van der Waals surface area contributed by atoms with Gasteiger partial charge in [0.1, 0.15) is 5.56 Å². The summed E-state index contributed by atoms with van der Waals surface area (Å²) in [6, 6.07) is 0. The highest BCUT2D eigenvalue weighted by atomic mass is 32.1. The maximum absolute atomic E-state index is 12.1. The molecule has 4 nitrogen and oxygen atoms in total. The molecule has 1 heterocycles. The molecule has 0 atom stereocenters. The largest absolute Gasteiger partial charge is 0.364 e. The van der Waals surface area contributed by atoms with E-state index in [1.54, 1.807) is 0 Å². The molecule has 1 rings (SSSR count). The molecule has 108 valence electrons. The summed E-state index contributed by atoms with van der Waals surface area (Å²) in [6.07, 6.45) is 4.83. The summed E-state index contributed by atoms with van der Waals surface area (Å²) in [5.74, 6) is -0.463. The van der Waals surface area contributed by atoms with E-state index in [9.17, 15) is 9.59 Å². The first kappa shape index (κ1) is 17.8. The minimum atomic E-state index is -0.463. The Morgan fingerprint density at radius 1 is 1.26 bits per heavy atom. The smallest absolute Gasteiger partial charge is 0.266 e. The average molecular weight is 284 g/mol. The van der Waals surface area contributed by atoms with Crippen molar-refractivity contribution in [2.24, 2.45) is 0 Å². The van der Waals surface area contributed by atoms with Crippen LogP contribution in [0.2, 0.25) is 0 Å². The van der Waals surface area contributed by atoms with Crippen LogP contribution in [0, 0.1) is 0 Å². The zero-order valence-electron chi connectivity index (χ0n) is 12.2. The summed E-state index contributed by atoms with van der Waals surface area (Å²) in [6.45, 7) is 8.07. The Morgan fingerprint density at radius 3 is 2.32 bits per heavy atom. The Hall–Kier alpha value is -1.23. The number of pyridine rings is 1. The quantitative estimate of drug-likeness (QED) is 0.728. The third kappa shape index (κ3) is 4.74. The number of nitrogens with one attached hydrogen (secondary N) is 2. The second-order valence-corrected chi connectivity index (χ2v) is 4.15. The van der Waals surface area contributed by atoms with E-state index in [-0.39, 0.29) is 11.0 Å². The van der Waals surface area contributed by atoms with Crippen LogP contribution in [-0.4, -0.2) is 10.9 Å². The molecule has 1 aromatic rings. The summed E-state index contributed by atoms with van der Waals surface area (Å²) >= 11 is 3.68. The molecule has 0 aliphatic rings. The number of aromatic amines is 1. The first-order valence-electron chi connectivity index (χ1n) is 6.83. The predicted molar refractivity (Wildman–Crippen MR) is 82.9 cm³/mol. The van der Waals surface area contributed by atoms with E-state index in [2.05, 4.69) is 29.4 Å². The van der Waals surface area contributed by atoms with Gasteiger partial charge in [0.2, 0.25) is 0 Å². The van der Waals surface area contributed by atoms with Crippen LogP contribution in [0.1, 0.15) is 62.2 Å². The summed E-state index contributed by atoms with van der Waals surface area (Å²) in [5, 5.41) is 0. The average Bonchev–Trinajstić information content (AvgIpc) is 2.44. The van der Waals surface area contributed by atoms with Gasteiger partial charge in [-0.15, -0.1) is 0 Å². The molecule has 1 amide bonds. The molecular weight excluding hydrogens is 260 g/mol. The summed E-state index contributed by atoms with van der Waals surface area (Å²) < 4.78 is 2.18. The first-order valence-corrected chi connectivity index (χ1v) is 7.28. The molecule has 0 radical (unpaired) electrons. The van der Waals surface area contributed by atoms with Crippen molar-refractivity contribution < 1.29 is 4.79 Å². The van der Waals surface area contributed by atoms with Crippen LogP contribution in [0.15, 0.2) is 11.0 Å². The van der Waals surface area contributed by atoms with E-state index in [4.69, 9.17) is 0 Å². The fraction of sp³-hybridized carbons (Fsp3) is 0.571. The Bertz CT molecular complexity index is 455. The molecule has 5 heteroatoms. The summed E-state index contributed by atoms with van der Waals surface area (Å²) in [4.78, 5) is 26.6. The first-order chi connectivity index (χ1) is 9.15. The van der Waals surface area contributed by atoms with Gasteiger partial charge in [0, 0.05) is 17.5 Å². The zero-order chi connectivity index (χ0) is 14.8. The fourth-order valence-corrected chi connectivity index (χ4v) is 1.95. The number of rotatable bonds is 5. The van der Waals surface area contributed by atoms with Crippen molar-refractivity contribution in [1.82, 2.24) is 9.71 Å². The topological polar surface area (TPSA) is 62.0 Å². The van der Waals surface area contributed by atoms with Gasteiger partial charge in [-0.05, 0) is 12.8 Å². The van der Waals surface area contributed by atoms with Crippen molar-refractivity contribution in [1.29, 1.82) is 0 Å². The molecule has 0 saturated carbocycles. The third-order valence-corrected chi connectivity index (χ3v) is 2.82. The second kappa shape index (κ2) is 9.67. The maximum Gasteiger partial charge on any atom is 0.266 e. The van der Waals surface area contributed by atoms with Gasteiger partial charge in [0.05, 0.1) is 0 Å². The monoisotopic (exact) mass is 284 g/mol. The molecule has 0 aliphatic carbocycles. The number of aryl methyl sites for hydroxylation is 1. The lowest BCUT2D eigenvalue weighted by Crippen LogP contribution is -2.26. The highest BCUT2D eigenvalue weighted by Gasteiger charge is 2.15. The number of carbonyl (C=O) groups is 1. The molecule has 1 aromatic heterocycles. The van der Waals surface area contributed by atoms with Crippen LogP contribution in [0.4, 0.5) is 0 Å². The predicted octanol–water partition coefficient (Wildman–Crippen LogP) is 2.88. The van der Waals surface area contributed by atoms with Gasteiger partial charge < -0.3 is 4.98 Å². The van der Waals surface area contributed by atoms with E-state index in [1.165, 1.54) is 6.20 Å². The zero-order valence-corrected chi connectivity index (χ0v) is 13.1. The van der Waals surface area contributed by atoms with Gasteiger partial charge >= 0.3 is 0 Å². The van der Waals surface area contributed by atoms with Gasteiger partial charge in [-0.2, -0.15) is 0 Å². The van der Waals surface area contributed by atoms with Crippen LogP contribution in [-0.2, 0) is 12.8 Å². The number of thiol groups is 1. The van der Waals surface area contributed by atoms with Gasteiger partial charge in [0.15, 0.2) is 5.43 Å². The minimum Gasteiger partial charge on any atom is -0.364 e. The number of carbonyl (C=O) groups excluding carboxylic acids is 1. The molecule has 0 fully saturated rings. The van der Waals surface area contributed by atoms with Crippen molar-refractivity contribution in [3.63, 3.8) is 0 Å². The van der Waals surface area contributed by atoms with Gasteiger partial charge in [-0.3, -0.25) is 14.3 Å². The lowest BCUT2D eigenvalue weighted by atomic mass is 10.0. The third-order valence-electron chi connectivity index (χ3n) is 2.62. The molecule has 0 aromatic carbocycles. The lowest BCUT2D eigenvalue weighted by molar-refractivity contribution is 0.0983. The van der Waals surface area contributed by atoms with Crippen LogP contribution >= 0.6 is 12.8 Å². The van der Waals surface area contributed by atoms with Crippen molar-refractivity contribution in [3.05, 3.63) is 33.2 Å². The number of aromatic nitrogens is 1. The molecule has 0 aliphatic heterocycles. The standard InChI is InChI=1S/C12H18N2O2S.C2H6/c1-3-5-8-10(6-4-2)13-7-9(11(8)15)12(16)14-17;1-2/h7,17H,3-6H2,1-2H3,(H,13,15)(H,14,16);1-2H3. The Labute approximate surface area is 120 Å².